The molecular formula is C18H24ClIN4O2S. The number of aliphatic imine (C=N–C) groups is 1. The number of nitrogens with one attached hydrogen (secondary N) is 2. The van der Waals surface area contributed by atoms with E-state index in [1.165, 1.54) is 7.05 Å². The Morgan fingerprint density at radius 3 is 2.41 bits per heavy atom. The van der Waals surface area contributed by atoms with Gasteiger partial charge >= 0.3 is 0 Å². The molecule has 0 aliphatic heterocycles. The molecule has 0 aliphatic carbocycles. The van der Waals surface area contributed by atoms with E-state index in [0.29, 0.717) is 24.1 Å². The highest BCUT2D eigenvalue weighted by Gasteiger charge is 2.12. The molecule has 0 atom stereocenters. The van der Waals surface area contributed by atoms with E-state index in [-0.39, 0.29) is 28.9 Å². The highest BCUT2D eigenvalue weighted by Crippen LogP contribution is 2.12. The van der Waals surface area contributed by atoms with Gasteiger partial charge in [0.2, 0.25) is 10.0 Å². The topological polar surface area (TPSA) is 73.8 Å². The van der Waals surface area contributed by atoms with Crippen LogP contribution >= 0.6 is 35.6 Å². The van der Waals surface area contributed by atoms with Crippen molar-refractivity contribution in [2.75, 3.05) is 21.1 Å². The van der Waals surface area contributed by atoms with Gasteiger partial charge in [-0.1, -0.05) is 35.9 Å². The fraction of sp³-hybridized carbons (Fsp3) is 0.278. The van der Waals surface area contributed by atoms with Gasteiger partial charge in [-0.2, -0.15) is 0 Å². The number of hydrogen-bond acceptors (Lipinski definition) is 3. The van der Waals surface area contributed by atoms with E-state index in [0.717, 1.165) is 11.1 Å². The first-order valence-corrected chi connectivity index (χ1v) is 9.90. The molecule has 27 heavy (non-hydrogen) atoms. The van der Waals surface area contributed by atoms with E-state index in [4.69, 9.17) is 11.6 Å². The van der Waals surface area contributed by atoms with Gasteiger partial charge in [-0.25, -0.2) is 13.1 Å². The summed E-state index contributed by atoms with van der Waals surface area (Å²) < 4.78 is 26.1. The van der Waals surface area contributed by atoms with Crippen LogP contribution in [-0.4, -0.2) is 40.4 Å². The van der Waals surface area contributed by atoms with Crippen molar-refractivity contribution in [3.63, 3.8) is 0 Å². The summed E-state index contributed by atoms with van der Waals surface area (Å²) in [5.41, 5.74) is 1.96. The van der Waals surface area contributed by atoms with Gasteiger partial charge in [0, 0.05) is 32.2 Å². The van der Waals surface area contributed by atoms with Gasteiger partial charge in [-0.3, -0.25) is 4.99 Å². The maximum atomic E-state index is 11.9. The van der Waals surface area contributed by atoms with E-state index in [9.17, 15) is 8.42 Å². The largest absolute Gasteiger partial charge is 0.352 e. The van der Waals surface area contributed by atoms with Crippen LogP contribution in [0.3, 0.4) is 0 Å². The SMILES string of the molecule is CN=C(NCc1cccc(S(=O)(=O)NC)c1)N(C)Cc1ccc(Cl)cc1.I. The lowest BCUT2D eigenvalue weighted by Crippen LogP contribution is -2.38. The quantitative estimate of drug-likeness (QED) is 0.347. The van der Waals surface area contributed by atoms with Crippen molar-refractivity contribution in [2.24, 2.45) is 4.99 Å². The Bertz CT molecular complexity index is 873. The molecule has 0 spiro atoms. The molecule has 6 nitrogen and oxygen atoms in total. The summed E-state index contributed by atoms with van der Waals surface area (Å²) in [6, 6.07) is 14.5. The first kappa shape index (κ1) is 23.7. The lowest BCUT2D eigenvalue weighted by atomic mass is 10.2. The average Bonchev–Trinajstić information content (AvgIpc) is 2.64. The second kappa shape index (κ2) is 10.8. The maximum Gasteiger partial charge on any atom is 0.240 e. The second-order valence-corrected chi connectivity index (χ2v) is 8.06. The molecule has 148 valence electrons. The summed E-state index contributed by atoms with van der Waals surface area (Å²) >= 11 is 5.91. The van der Waals surface area contributed by atoms with Crippen molar-refractivity contribution in [2.45, 2.75) is 18.0 Å². The number of guanidine groups is 1. The molecule has 0 saturated heterocycles. The molecule has 0 radical (unpaired) electrons. The van der Waals surface area contributed by atoms with Crippen LogP contribution in [-0.2, 0) is 23.1 Å². The third-order valence-corrected chi connectivity index (χ3v) is 5.50. The molecule has 2 aromatic rings. The molecule has 0 fully saturated rings. The Kier molecular flexibility index (Phi) is 9.51. The molecule has 0 saturated carbocycles. The van der Waals surface area contributed by atoms with E-state index < -0.39 is 10.0 Å². The molecular weight excluding hydrogens is 499 g/mol. The van der Waals surface area contributed by atoms with Crippen LogP contribution in [0.1, 0.15) is 11.1 Å². The Balaban J connectivity index is 0.00000364. The zero-order chi connectivity index (χ0) is 19.2. The molecule has 0 aromatic heterocycles. The van der Waals surface area contributed by atoms with Gasteiger partial charge in [-0.15, -0.1) is 24.0 Å². The van der Waals surface area contributed by atoms with Crippen molar-refractivity contribution >= 4 is 51.6 Å². The summed E-state index contributed by atoms with van der Waals surface area (Å²) in [5.74, 6) is 0.710. The van der Waals surface area contributed by atoms with Crippen LogP contribution in [0.25, 0.3) is 0 Å². The molecule has 0 bridgehead atoms. The molecule has 9 heteroatoms. The zero-order valence-electron chi connectivity index (χ0n) is 15.4. The summed E-state index contributed by atoms with van der Waals surface area (Å²) in [6.45, 7) is 1.13. The minimum Gasteiger partial charge on any atom is -0.352 e. The summed E-state index contributed by atoms with van der Waals surface area (Å²) in [6.07, 6.45) is 0. The molecule has 0 heterocycles. The number of hydrogen-bond donors (Lipinski definition) is 2. The molecule has 0 aliphatic rings. The first-order valence-electron chi connectivity index (χ1n) is 8.04. The van der Waals surface area contributed by atoms with Gasteiger partial charge in [0.05, 0.1) is 4.90 Å². The van der Waals surface area contributed by atoms with Crippen molar-refractivity contribution < 1.29 is 8.42 Å². The van der Waals surface area contributed by atoms with Gasteiger partial charge in [-0.05, 0) is 42.4 Å². The number of benzene rings is 2. The maximum absolute atomic E-state index is 11.9. The van der Waals surface area contributed by atoms with E-state index in [1.54, 1.807) is 25.2 Å². The Hall–Kier alpha value is -1.36. The predicted molar refractivity (Wildman–Crippen MR) is 121 cm³/mol. The number of sulfonamides is 1. The lowest BCUT2D eigenvalue weighted by molar-refractivity contribution is 0.476. The third-order valence-electron chi connectivity index (χ3n) is 3.83. The lowest BCUT2D eigenvalue weighted by Gasteiger charge is -2.22. The fourth-order valence-corrected chi connectivity index (χ4v) is 3.37. The molecule has 2 N–H and O–H groups in total. The van der Waals surface area contributed by atoms with Crippen molar-refractivity contribution in [1.82, 2.24) is 14.9 Å². The van der Waals surface area contributed by atoms with Crippen LogP contribution in [0, 0.1) is 0 Å². The minimum absolute atomic E-state index is 0. The first-order chi connectivity index (χ1) is 12.4. The second-order valence-electron chi connectivity index (χ2n) is 5.74. The normalized spacial score (nSPS) is 11.6. The molecule has 2 aromatic carbocycles. The van der Waals surface area contributed by atoms with Crippen LogP contribution in [0.15, 0.2) is 58.4 Å². The Morgan fingerprint density at radius 2 is 1.81 bits per heavy atom. The van der Waals surface area contributed by atoms with Gasteiger partial charge in [0.25, 0.3) is 0 Å². The number of rotatable bonds is 6. The minimum atomic E-state index is -3.45. The smallest absolute Gasteiger partial charge is 0.240 e. The summed E-state index contributed by atoms with van der Waals surface area (Å²) in [5, 5.41) is 3.95. The zero-order valence-corrected chi connectivity index (χ0v) is 19.3. The summed E-state index contributed by atoms with van der Waals surface area (Å²) in [4.78, 5) is 6.50. The van der Waals surface area contributed by atoms with E-state index in [1.807, 2.05) is 42.3 Å². The summed E-state index contributed by atoms with van der Waals surface area (Å²) in [7, 11) is 1.59. The monoisotopic (exact) mass is 522 g/mol. The molecule has 0 amide bonds. The van der Waals surface area contributed by atoms with Crippen molar-refractivity contribution in [3.05, 3.63) is 64.7 Å². The third kappa shape index (κ3) is 6.95. The van der Waals surface area contributed by atoms with Crippen molar-refractivity contribution in [3.8, 4) is 0 Å². The Labute approximate surface area is 183 Å². The van der Waals surface area contributed by atoms with E-state index >= 15 is 0 Å². The Morgan fingerprint density at radius 1 is 1.15 bits per heavy atom. The van der Waals surface area contributed by atoms with Gasteiger partial charge < -0.3 is 10.2 Å². The van der Waals surface area contributed by atoms with Crippen LogP contribution in [0.4, 0.5) is 0 Å². The highest BCUT2D eigenvalue weighted by molar-refractivity contribution is 14.0. The standard InChI is InChI=1S/C18H23ClN4O2S.HI/c1-20-18(23(3)13-14-7-9-16(19)10-8-14)22-12-15-5-4-6-17(11-15)26(24,25)21-2;/h4-11,21H,12-13H2,1-3H3,(H,20,22);1H. The fourth-order valence-electron chi connectivity index (χ4n) is 2.44. The van der Waals surface area contributed by atoms with Crippen molar-refractivity contribution in [1.29, 1.82) is 0 Å². The predicted octanol–water partition coefficient (Wildman–Crippen LogP) is 3.07. The van der Waals surface area contributed by atoms with Crippen LogP contribution in [0.5, 0.6) is 0 Å². The van der Waals surface area contributed by atoms with Crippen LogP contribution < -0.4 is 10.0 Å². The van der Waals surface area contributed by atoms with E-state index in [2.05, 4.69) is 15.0 Å². The van der Waals surface area contributed by atoms with Gasteiger partial charge in [0.1, 0.15) is 0 Å². The average molecular weight is 523 g/mol. The van der Waals surface area contributed by atoms with Gasteiger partial charge in [0.15, 0.2) is 5.96 Å². The van der Waals surface area contributed by atoms with Crippen LogP contribution in [0.2, 0.25) is 5.02 Å². The highest BCUT2D eigenvalue weighted by atomic mass is 127. The molecule has 2 rings (SSSR count). The number of nitrogens with zero attached hydrogens (tertiary/aromatic N) is 2. The molecule has 0 unspecified atom stereocenters. The number of halogens is 2.